The van der Waals surface area contributed by atoms with Crippen molar-refractivity contribution in [3.63, 3.8) is 0 Å². The van der Waals surface area contributed by atoms with Gasteiger partial charge in [0.05, 0.1) is 13.7 Å². The molecule has 0 unspecified atom stereocenters. The van der Waals surface area contributed by atoms with Gasteiger partial charge in [-0.05, 0) is 25.3 Å². The molecule has 1 aromatic carbocycles. The Bertz CT molecular complexity index is 405. The summed E-state index contributed by atoms with van der Waals surface area (Å²) in [6.45, 7) is 4.94. The summed E-state index contributed by atoms with van der Waals surface area (Å²) in [6, 6.07) is 6.68. The molecule has 0 amide bonds. The third-order valence-electron chi connectivity index (χ3n) is 3.27. The highest BCUT2D eigenvalue weighted by Crippen LogP contribution is 2.26. The van der Waals surface area contributed by atoms with Gasteiger partial charge in [0.25, 0.3) is 0 Å². The minimum atomic E-state index is 0.573. The molecular formula is C16H25NO3. The van der Waals surface area contributed by atoms with Gasteiger partial charge in [0.1, 0.15) is 18.1 Å². The minimum absolute atomic E-state index is 0.573. The van der Waals surface area contributed by atoms with E-state index >= 15 is 0 Å². The van der Waals surface area contributed by atoms with Crippen molar-refractivity contribution in [2.24, 2.45) is 0 Å². The standard InChI is InChI=1S/C16H25NO3/c1-3-8-19-9-10-20-16-11-15(18-2)7-4-13(16)12-17-14-5-6-14/h4,7,11,14,17H,3,5-6,8-10,12H2,1-2H3. The summed E-state index contributed by atoms with van der Waals surface area (Å²) >= 11 is 0. The van der Waals surface area contributed by atoms with Crippen molar-refractivity contribution in [3.05, 3.63) is 23.8 Å². The minimum Gasteiger partial charge on any atom is -0.497 e. The lowest BCUT2D eigenvalue weighted by Crippen LogP contribution is -2.16. The summed E-state index contributed by atoms with van der Waals surface area (Å²) in [5, 5.41) is 3.51. The first-order valence-corrected chi connectivity index (χ1v) is 7.44. The van der Waals surface area contributed by atoms with Crippen molar-refractivity contribution in [1.82, 2.24) is 5.32 Å². The van der Waals surface area contributed by atoms with Gasteiger partial charge in [-0.3, -0.25) is 0 Å². The van der Waals surface area contributed by atoms with Crippen LogP contribution in [0, 0.1) is 0 Å². The Kier molecular flexibility index (Phi) is 6.15. The van der Waals surface area contributed by atoms with Crippen LogP contribution in [0.2, 0.25) is 0 Å². The van der Waals surface area contributed by atoms with E-state index in [1.54, 1.807) is 7.11 Å². The second-order valence-electron chi connectivity index (χ2n) is 5.09. The third kappa shape index (κ3) is 5.02. The average Bonchev–Trinajstić information content (AvgIpc) is 3.29. The number of hydrogen-bond acceptors (Lipinski definition) is 4. The lowest BCUT2D eigenvalue weighted by atomic mass is 10.2. The normalized spacial score (nSPS) is 14.3. The first kappa shape index (κ1) is 15.1. The summed E-state index contributed by atoms with van der Waals surface area (Å²) in [6.07, 6.45) is 3.62. The third-order valence-corrected chi connectivity index (χ3v) is 3.27. The van der Waals surface area contributed by atoms with E-state index in [1.807, 2.05) is 12.1 Å². The van der Waals surface area contributed by atoms with Crippen LogP contribution in [0.5, 0.6) is 11.5 Å². The van der Waals surface area contributed by atoms with E-state index in [0.29, 0.717) is 19.3 Å². The Morgan fingerprint density at radius 2 is 2.05 bits per heavy atom. The number of nitrogens with one attached hydrogen (secondary N) is 1. The van der Waals surface area contributed by atoms with Crippen molar-refractivity contribution in [2.45, 2.75) is 38.8 Å². The lowest BCUT2D eigenvalue weighted by molar-refractivity contribution is 0.100. The van der Waals surface area contributed by atoms with E-state index in [4.69, 9.17) is 14.2 Å². The molecule has 0 spiro atoms. The van der Waals surface area contributed by atoms with Gasteiger partial charge >= 0.3 is 0 Å². The maximum absolute atomic E-state index is 5.83. The molecule has 1 aromatic rings. The monoisotopic (exact) mass is 279 g/mol. The Balaban J connectivity index is 1.87. The zero-order valence-electron chi connectivity index (χ0n) is 12.5. The van der Waals surface area contributed by atoms with Gasteiger partial charge in [-0.2, -0.15) is 0 Å². The molecule has 0 aromatic heterocycles. The second-order valence-corrected chi connectivity index (χ2v) is 5.09. The van der Waals surface area contributed by atoms with Gasteiger partial charge in [0, 0.05) is 30.8 Å². The molecule has 4 heteroatoms. The van der Waals surface area contributed by atoms with E-state index < -0.39 is 0 Å². The molecule has 0 aliphatic heterocycles. The molecule has 1 N–H and O–H groups in total. The number of hydrogen-bond donors (Lipinski definition) is 1. The van der Waals surface area contributed by atoms with Gasteiger partial charge < -0.3 is 19.5 Å². The van der Waals surface area contributed by atoms with Crippen molar-refractivity contribution in [1.29, 1.82) is 0 Å². The molecule has 1 fully saturated rings. The topological polar surface area (TPSA) is 39.7 Å². The Morgan fingerprint density at radius 1 is 1.20 bits per heavy atom. The van der Waals surface area contributed by atoms with Crippen LogP contribution in [-0.4, -0.2) is 33.0 Å². The molecule has 0 saturated heterocycles. The molecule has 20 heavy (non-hydrogen) atoms. The average molecular weight is 279 g/mol. The highest BCUT2D eigenvalue weighted by Gasteiger charge is 2.20. The van der Waals surface area contributed by atoms with Crippen molar-refractivity contribution < 1.29 is 14.2 Å². The number of benzene rings is 1. The van der Waals surface area contributed by atoms with Crippen molar-refractivity contribution >= 4 is 0 Å². The predicted octanol–water partition coefficient (Wildman–Crippen LogP) is 2.75. The van der Waals surface area contributed by atoms with E-state index in [0.717, 1.165) is 31.1 Å². The van der Waals surface area contributed by atoms with Gasteiger partial charge in [-0.25, -0.2) is 0 Å². The SMILES string of the molecule is CCCOCCOc1cc(OC)ccc1CNC1CC1. The van der Waals surface area contributed by atoms with Crippen LogP contribution in [0.3, 0.4) is 0 Å². The van der Waals surface area contributed by atoms with Crippen LogP contribution < -0.4 is 14.8 Å². The maximum Gasteiger partial charge on any atom is 0.127 e. The molecule has 1 saturated carbocycles. The number of rotatable bonds is 10. The fraction of sp³-hybridized carbons (Fsp3) is 0.625. The summed E-state index contributed by atoms with van der Waals surface area (Å²) in [5.74, 6) is 1.71. The molecule has 0 atom stereocenters. The molecule has 0 radical (unpaired) electrons. The molecular weight excluding hydrogens is 254 g/mol. The molecule has 2 rings (SSSR count). The van der Waals surface area contributed by atoms with Crippen LogP contribution in [0.4, 0.5) is 0 Å². The molecule has 0 heterocycles. The Hall–Kier alpha value is -1.26. The van der Waals surface area contributed by atoms with Crippen LogP contribution in [0.15, 0.2) is 18.2 Å². The molecule has 4 nitrogen and oxygen atoms in total. The zero-order valence-corrected chi connectivity index (χ0v) is 12.5. The first-order chi connectivity index (χ1) is 9.83. The zero-order chi connectivity index (χ0) is 14.2. The predicted molar refractivity (Wildman–Crippen MR) is 79.5 cm³/mol. The second kappa shape index (κ2) is 8.12. The quantitative estimate of drug-likeness (QED) is 0.669. The number of methoxy groups -OCH3 is 1. The van der Waals surface area contributed by atoms with E-state index in [2.05, 4.69) is 18.3 Å². The fourth-order valence-corrected chi connectivity index (χ4v) is 1.94. The first-order valence-electron chi connectivity index (χ1n) is 7.44. The fourth-order valence-electron chi connectivity index (χ4n) is 1.94. The van der Waals surface area contributed by atoms with Crippen LogP contribution in [0.25, 0.3) is 0 Å². The van der Waals surface area contributed by atoms with E-state index in [-0.39, 0.29) is 0 Å². The van der Waals surface area contributed by atoms with Crippen LogP contribution in [0.1, 0.15) is 31.7 Å². The van der Waals surface area contributed by atoms with Crippen LogP contribution in [-0.2, 0) is 11.3 Å². The largest absolute Gasteiger partial charge is 0.497 e. The summed E-state index contributed by atoms with van der Waals surface area (Å²) < 4.78 is 16.5. The lowest BCUT2D eigenvalue weighted by Gasteiger charge is -2.13. The van der Waals surface area contributed by atoms with Crippen molar-refractivity contribution in [2.75, 3.05) is 26.9 Å². The summed E-state index contributed by atoms with van der Waals surface area (Å²) in [4.78, 5) is 0. The van der Waals surface area contributed by atoms with Gasteiger partial charge in [0.2, 0.25) is 0 Å². The summed E-state index contributed by atoms with van der Waals surface area (Å²) in [7, 11) is 1.67. The maximum atomic E-state index is 5.83. The molecule has 112 valence electrons. The van der Waals surface area contributed by atoms with Crippen LogP contribution >= 0.6 is 0 Å². The number of ether oxygens (including phenoxy) is 3. The highest BCUT2D eigenvalue weighted by atomic mass is 16.5. The highest BCUT2D eigenvalue weighted by molar-refractivity contribution is 5.40. The van der Waals surface area contributed by atoms with Gasteiger partial charge in [-0.1, -0.05) is 13.0 Å². The molecule has 1 aliphatic rings. The van der Waals surface area contributed by atoms with Crippen molar-refractivity contribution in [3.8, 4) is 11.5 Å². The smallest absolute Gasteiger partial charge is 0.127 e. The van der Waals surface area contributed by atoms with Gasteiger partial charge in [0.15, 0.2) is 0 Å². The van der Waals surface area contributed by atoms with E-state index in [9.17, 15) is 0 Å². The Labute approximate surface area is 121 Å². The molecule has 0 bridgehead atoms. The van der Waals surface area contributed by atoms with Gasteiger partial charge in [-0.15, -0.1) is 0 Å². The summed E-state index contributed by atoms with van der Waals surface area (Å²) in [5.41, 5.74) is 1.17. The molecule has 1 aliphatic carbocycles. The Morgan fingerprint density at radius 3 is 2.75 bits per heavy atom. The van der Waals surface area contributed by atoms with E-state index in [1.165, 1.54) is 18.4 Å².